The van der Waals surface area contributed by atoms with E-state index in [1.807, 2.05) is 13.8 Å². The van der Waals surface area contributed by atoms with E-state index in [0.717, 1.165) is 6.42 Å². The zero-order valence-corrected chi connectivity index (χ0v) is 20.0. The first-order valence-electron chi connectivity index (χ1n) is 10.6. The molecular weight excluding hydrogens is 428 g/mol. The minimum absolute atomic E-state index is 0.0440. The lowest BCUT2D eigenvalue weighted by atomic mass is 9.92. The van der Waals surface area contributed by atoms with Crippen LogP contribution in [0.1, 0.15) is 51.4 Å². The van der Waals surface area contributed by atoms with Crippen LogP contribution in [0.3, 0.4) is 0 Å². The van der Waals surface area contributed by atoms with Crippen LogP contribution in [0.15, 0.2) is 47.4 Å². The highest BCUT2D eigenvalue weighted by Gasteiger charge is 2.37. The van der Waals surface area contributed by atoms with E-state index >= 15 is 0 Å². The predicted octanol–water partition coefficient (Wildman–Crippen LogP) is 4.49. The third kappa shape index (κ3) is 5.12. The molecule has 0 spiro atoms. The van der Waals surface area contributed by atoms with Crippen molar-refractivity contribution in [2.45, 2.75) is 45.9 Å². The summed E-state index contributed by atoms with van der Waals surface area (Å²) in [7, 11) is -3.88. The normalized spacial score (nSPS) is 15.7. The molecule has 32 heavy (non-hydrogen) atoms. The number of nitrogens with zero attached hydrogens (tertiary/aromatic N) is 1. The molecule has 0 aromatic heterocycles. The lowest BCUT2D eigenvalue weighted by molar-refractivity contribution is -0.127. The van der Waals surface area contributed by atoms with Gasteiger partial charge in [0.05, 0.1) is 21.7 Å². The third-order valence-corrected chi connectivity index (χ3v) is 6.81. The van der Waals surface area contributed by atoms with Gasteiger partial charge in [-0.15, -0.1) is 0 Å². The molecule has 1 heterocycles. The Morgan fingerprint density at radius 1 is 1.16 bits per heavy atom. The Morgan fingerprint density at radius 3 is 2.41 bits per heavy atom. The van der Waals surface area contributed by atoms with Crippen molar-refractivity contribution in [3.8, 4) is 5.75 Å². The molecule has 0 saturated heterocycles. The SMILES string of the molecule is CC(=O)c1ccc(S(=O)(=O)Nc2ccc3c(c2)N(CCC(C)C)C(=O)C(C)(C)CO3)cc1. The summed E-state index contributed by atoms with van der Waals surface area (Å²) in [5, 5.41) is 0. The number of hydrogen-bond acceptors (Lipinski definition) is 5. The number of nitrogens with one attached hydrogen (secondary N) is 1. The van der Waals surface area contributed by atoms with Crippen molar-refractivity contribution >= 4 is 33.1 Å². The van der Waals surface area contributed by atoms with Crippen LogP contribution in [-0.2, 0) is 14.8 Å². The summed E-state index contributed by atoms with van der Waals surface area (Å²) < 4.78 is 34.2. The lowest BCUT2D eigenvalue weighted by Crippen LogP contribution is -2.42. The van der Waals surface area contributed by atoms with E-state index < -0.39 is 15.4 Å². The number of benzene rings is 2. The largest absolute Gasteiger partial charge is 0.490 e. The second kappa shape index (κ2) is 8.94. The summed E-state index contributed by atoms with van der Waals surface area (Å²) in [5.41, 5.74) is 0.611. The highest BCUT2D eigenvalue weighted by atomic mass is 32.2. The van der Waals surface area contributed by atoms with Crippen molar-refractivity contribution in [3.05, 3.63) is 48.0 Å². The highest BCUT2D eigenvalue weighted by Crippen LogP contribution is 2.39. The van der Waals surface area contributed by atoms with Crippen LogP contribution in [-0.4, -0.2) is 33.3 Å². The van der Waals surface area contributed by atoms with Crippen LogP contribution in [0.4, 0.5) is 11.4 Å². The molecule has 0 radical (unpaired) electrons. The molecule has 0 fully saturated rings. The number of Topliss-reactive ketones (excluding diaryl/α,β-unsaturated/α-hetero) is 1. The number of ether oxygens (including phenoxy) is 1. The molecule has 7 nitrogen and oxygen atoms in total. The van der Waals surface area contributed by atoms with Gasteiger partial charge in [0, 0.05) is 12.1 Å². The van der Waals surface area contributed by atoms with Crippen molar-refractivity contribution in [2.75, 3.05) is 22.8 Å². The number of rotatable bonds is 7. The molecule has 2 aromatic rings. The second-order valence-corrected chi connectivity index (χ2v) is 10.9. The van der Waals surface area contributed by atoms with Gasteiger partial charge in [0.15, 0.2) is 5.78 Å². The molecule has 1 amide bonds. The Hall–Kier alpha value is -2.87. The fourth-order valence-electron chi connectivity index (χ4n) is 3.40. The Morgan fingerprint density at radius 2 is 1.81 bits per heavy atom. The quantitative estimate of drug-likeness (QED) is 0.617. The van der Waals surface area contributed by atoms with Gasteiger partial charge in [-0.2, -0.15) is 0 Å². The fraction of sp³-hybridized carbons (Fsp3) is 0.417. The number of carbonyl (C=O) groups excluding carboxylic acids is 2. The van der Waals surface area contributed by atoms with E-state index in [9.17, 15) is 18.0 Å². The first-order valence-corrected chi connectivity index (χ1v) is 12.1. The molecule has 1 aliphatic heterocycles. The van der Waals surface area contributed by atoms with E-state index in [0.29, 0.717) is 35.2 Å². The topological polar surface area (TPSA) is 92.8 Å². The molecule has 1 aliphatic rings. The third-order valence-electron chi connectivity index (χ3n) is 5.42. The number of amides is 1. The van der Waals surface area contributed by atoms with Crippen LogP contribution in [0, 0.1) is 11.3 Å². The summed E-state index contributed by atoms with van der Waals surface area (Å²) in [6.45, 7) is 10.0. The Labute approximate surface area is 189 Å². The van der Waals surface area contributed by atoms with Gasteiger partial charge < -0.3 is 9.64 Å². The van der Waals surface area contributed by atoms with Crippen LogP contribution in [0.2, 0.25) is 0 Å². The van der Waals surface area contributed by atoms with Gasteiger partial charge in [0.1, 0.15) is 12.4 Å². The monoisotopic (exact) mass is 458 g/mol. The molecule has 0 aliphatic carbocycles. The molecule has 3 rings (SSSR count). The predicted molar refractivity (Wildman–Crippen MR) is 125 cm³/mol. The van der Waals surface area contributed by atoms with E-state index in [-0.39, 0.29) is 23.2 Å². The number of ketones is 1. The molecule has 0 saturated carbocycles. The number of hydrogen-bond donors (Lipinski definition) is 1. The fourth-order valence-corrected chi connectivity index (χ4v) is 4.45. The van der Waals surface area contributed by atoms with Gasteiger partial charge in [0.25, 0.3) is 10.0 Å². The van der Waals surface area contributed by atoms with E-state index in [4.69, 9.17) is 4.74 Å². The summed E-state index contributed by atoms with van der Waals surface area (Å²) in [6, 6.07) is 10.7. The molecular formula is C24H30N2O5S. The lowest BCUT2D eigenvalue weighted by Gasteiger charge is -2.28. The number of sulfonamides is 1. The maximum Gasteiger partial charge on any atom is 0.261 e. The minimum atomic E-state index is -3.88. The van der Waals surface area contributed by atoms with Gasteiger partial charge in [-0.25, -0.2) is 8.42 Å². The maximum absolute atomic E-state index is 13.2. The maximum atomic E-state index is 13.2. The van der Waals surface area contributed by atoms with Crippen molar-refractivity contribution in [1.82, 2.24) is 0 Å². The average molecular weight is 459 g/mol. The van der Waals surface area contributed by atoms with Crippen LogP contribution < -0.4 is 14.4 Å². The van der Waals surface area contributed by atoms with Crippen molar-refractivity contribution < 1.29 is 22.7 Å². The zero-order chi connectivity index (χ0) is 23.7. The van der Waals surface area contributed by atoms with Gasteiger partial charge in [0.2, 0.25) is 5.91 Å². The molecule has 0 atom stereocenters. The standard InChI is InChI=1S/C24H30N2O5S/c1-16(2)12-13-26-21-14-19(8-11-22(21)31-15-24(4,5)23(26)28)25-32(29,30)20-9-6-18(7-10-20)17(3)27/h6-11,14,16,25H,12-13,15H2,1-5H3. The Bertz CT molecular complexity index is 1120. The number of carbonyl (C=O) groups is 2. The summed E-state index contributed by atoms with van der Waals surface area (Å²) in [4.78, 5) is 26.4. The number of anilines is 2. The molecule has 8 heteroatoms. The van der Waals surface area contributed by atoms with Gasteiger partial charge in [-0.1, -0.05) is 26.0 Å². The van der Waals surface area contributed by atoms with Gasteiger partial charge >= 0.3 is 0 Å². The first kappa shape index (κ1) is 23.8. The van der Waals surface area contributed by atoms with Crippen LogP contribution in [0.5, 0.6) is 5.75 Å². The molecule has 0 bridgehead atoms. The molecule has 2 aromatic carbocycles. The van der Waals surface area contributed by atoms with Gasteiger partial charge in [-0.05, 0) is 63.4 Å². The summed E-state index contributed by atoms with van der Waals surface area (Å²) in [6.07, 6.45) is 0.805. The smallest absolute Gasteiger partial charge is 0.261 e. The van der Waals surface area contributed by atoms with E-state index in [1.54, 1.807) is 23.1 Å². The van der Waals surface area contributed by atoms with Crippen LogP contribution in [0.25, 0.3) is 0 Å². The number of fused-ring (bicyclic) bond motifs is 1. The Kier molecular flexibility index (Phi) is 6.64. The average Bonchev–Trinajstić information content (AvgIpc) is 2.81. The van der Waals surface area contributed by atoms with Crippen molar-refractivity contribution in [2.24, 2.45) is 11.3 Å². The van der Waals surface area contributed by atoms with Gasteiger partial charge in [-0.3, -0.25) is 14.3 Å². The van der Waals surface area contributed by atoms with Crippen molar-refractivity contribution in [3.63, 3.8) is 0 Å². The molecule has 0 unspecified atom stereocenters. The summed E-state index contributed by atoms with van der Waals surface area (Å²) >= 11 is 0. The second-order valence-electron chi connectivity index (χ2n) is 9.18. The molecule has 172 valence electrons. The Balaban J connectivity index is 1.94. The first-order chi connectivity index (χ1) is 14.9. The molecule has 1 N–H and O–H groups in total. The van der Waals surface area contributed by atoms with Crippen LogP contribution >= 0.6 is 0 Å². The minimum Gasteiger partial charge on any atom is -0.490 e. The van der Waals surface area contributed by atoms with E-state index in [2.05, 4.69) is 18.6 Å². The van der Waals surface area contributed by atoms with E-state index in [1.165, 1.54) is 31.2 Å². The zero-order valence-electron chi connectivity index (χ0n) is 19.1. The van der Waals surface area contributed by atoms with Crippen molar-refractivity contribution in [1.29, 1.82) is 0 Å². The summed E-state index contributed by atoms with van der Waals surface area (Å²) in [5.74, 6) is 0.748. The highest BCUT2D eigenvalue weighted by molar-refractivity contribution is 7.92.